The zero-order chi connectivity index (χ0) is 34.2. The Kier molecular flexibility index (Phi) is 6.70. The number of carbonyl (C=O) groups is 1. The Morgan fingerprint density at radius 2 is 1.56 bits per heavy atom. The van der Waals surface area contributed by atoms with E-state index in [4.69, 9.17) is 28.4 Å². The largest absolute Gasteiger partial charge is 0.462 e. The Bertz CT molecular complexity index is 1390. The number of aliphatic hydroxyl groups is 4. The molecule has 9 fully saturated rings. The van der Waals surface area contributed by atoms with Crippen LogP contribution in [-0.2, 0) is 33.2 Å². The normalized spacial score (nSPS) is 63.3. The minimum Gasteiger partial charge on any atom is -0.462 e. The van der Waals surface area contributed by atoms with Gasteiger partial charge in [0.15, 0.2) is 12.6 Å². The van der Waals surface area contributed by atoms with E-state index in [1.807, 2.05) is 6.92 Å². The number of esters is 1. The Balaban J connectivity index is 1.03. The van der Waals surface area contributed by atoms with Crippen molar-refractivity contribution in [2.75, 3.05) is 6.61 Å². The van der Waals surface area contributed by atoms with Crippen LogP contribution in [0.3, 0.4) is 0 Å². The highest BCUT2D eigenvalue weighted by Gasteiger charge is 2.87. The topological polar surface area (TPSA) is 157 Å². The van der Waals surface area contributed by atoms with E-state index in [0.717, 1.165) is 44.9 Å². The molecule has 11 heteroatoms. The van der Waals surface area contributed by atoms with Gasteiger partial charge in [0.05, 0.1) is 18.8 Å². The fraction of sp³-hybridized carbons (Fsp3) is 0.973. The summed E-state index contributed by atoms with van der Waals surface area (Å²) >= 11 is 0. The number of fused-ring (bicyclic) bond motifs is 6. The van der Waals surface area contributed by atoms with Crippen LogP contribution in [0.4, 0.5) is 0 Å². The lowest BCUT2D eigenvalue weighted by molar-refractivity contribution is -0.346. The molecule has 0 amide bonds. The summed E-state index contributed by atoms with van der Waals surface area (Å²) in [4.78, 5) is 12.9. The molecule has 4 N–H and O–H groups in total. The second-order valence-electron chi connectivity index (χ2n) is 18.9. The number of epoxide rings is 1. The van der Waals surface area contributed by atoms with E-state index in [1.165, 1.54) is 0 Å². The van der Waals surface area contributed by atoms with Crippen LogP contribution in [0.2, 0.25) is 0 Å². The average Bonchev–Trinajstić information content (AvgIpc) is 3.84. The summed E-state index contributed by atoms with van der Waals surface area (Å²) in [5, 5.41) is 41.7. The molecule has 4 aliphatic heterocycles. The molecule has 0 aromatic carbocycles. The Morgan fingerprint density at radius 1 is 0.833 bits per heavy atom. The van der Waals surface area contributed by atoms with Gasteiger partial charge >= 0.3 is 5.97 Å². The van der Waals surface area contributed by atoms with E-state index in [9.17, 15) is 25.2 Å². The molecule has 270 valence electrons. The summed E-state index contributed by atoms with van der Waals surface area (Å²) < 4.78 is 37.9. The van der Waals surface area contributed by atoms with Gasteiger partial charge in [0, 0.05) is 18.8 Å². The number of ether oxygens (including phenoxy) is 6. The Morgan fingerprint density at radius 3 is 2.23 bits per heavy atom. The van der Waals surface area contributed by atoms with Crippen molar-refractivity contribution in [1.29, 1.82) is 0 Å². The minimum atomic E-state index is -1.31. The molecule has 11 nitrogen and oxygen atoms in total. The first kappa shape index (κ1) is 33.0. The highest BCUT2D eigenvalue weighted by atomic mass is 16.8. The fourth-order valence-electron chi connectivity index (χ4n) is 14.6. The molecule has 5 unspecified atom stereocenters. The van der Waals surface area contributed by atoms with E-state index >= 15 is 0 Å². The van der Waals surface area contributed by atoms with E-state index in [-0.39, 0.29) is 75.9 Å². The summed E-state index contributed by atoms with van der Waals surface area (Å²) in [5.41, 5.74) is -1.23. The predicted octanol–water partition coefficient (Wildman–Crippen LogP) is 3.03. The standard InChI is InChI=1S/C37H56O11/c1-17-12-37(29-34(7,47-29)30(42)48-37)46-20-13-32(5)22-9-8-21-31(3,4)23(45-28-27(41)26(40)19(39)15-43-28)10-11-35(21)16-36(22,35)14-24(44-18(2)38)33(32,6)25(17)20/h17,19-30,39-42H,8-16H2,1-7H3/t17-,19-,20?,21+,22+,23+,24-,25+,26+,27-,28+,29?,30?,32+,33-,34?,35-,36+,37?/m1/s1. The summed E-state index contributed by atoms with van der Waals surface area (Å²) in [6.07, 6.45) is 0.880. The lowest BCUT2D eigenvalue weighted by Crippen LogP contribution is -2.64. The highest BCUT2D eigenvalue weighted by Crippen LogP contribution is 2.89. The zero-order valence-electron chi connectivity index (χ0n) is 29.5. The molecule has 4 saturated heterocycles. The molecule has 5 saturated carbocycles. The van der Waals surface area contributed by atoms with Crippen LogP contribution in [0.25, 0.3) is 0 Å². The van der Waals surface area contributed by atoms with Gasteiger partial charge < -0.3 is 48.8 Å². The van der Waals surface area contributed by atoms with Crippen LogP contribution in [0, 0.1) is 50.7 Å². The Hall–Kier alpha value is -0.890. The molecular formula is C37H56O11. The first-order valence-corrected chi connectivity index (χ1v) is 18.6. The van der Waals surface area contributed by atoms with Crippen molar-refractivity contribution in [2.45, 2.75) is 167 Å². The maximum absolute atomic E-state index is 12.9. The fourth-order valence-corrected chi connectivity index (χ4v) is 14.6. The first-order chi connectivity index (χ1) is 22.4. The molecule has 5 aliphatic carbocycles. The molecule has 9 rings (SSSR count). The van der Waals surface area contributed by atoms with Gasteiger partial charge in [0.2, 0.25) is 5.79 Å². The van der Waals surface area contributed by atoms with Crippen LogP contribution < -0.4 is 0 Å². The third-order valence-electron chi connectivity index (χ3n) is 16.8. The van der Waals surface area contributed by atoms with Gasteiger partial charge in [0.25, 0.3) is 0 Å². The maximum Gasteiger partial charge on any atom is 0.302 e. The van der Waals surface area contributed by atoms with Gasteiger partial charge in [-0.1, -0.05) is 34.6 Å². The van der Waals surface area contributed by atoms with Crippen molar-refractivity contribution in [3.8, 4) is 0 Å². The summed E-state index contributed by atoms with van der Waals surface area (Å²) in [6.45, 7) is 15.1. The highest BCUT2D eigenvalue weighted by molar-refractivity contribution is 5.66. The molecule has 3 spiro atoms. The quantitative estimate of drug-likeness (QED) is 0.198. The van der Waals surface area contributed by atoms with Crippen LogP contribution in [0.15, 0.2) is 0 Å². The molecule has 19 atom stereocenters. The molecule has 4 heterocycles. The van der Waals surface area contributed by atoms with Gasteiger partial charge in [-0.05, 0) is 97.2 Å². The lowest BCUT2D eigenvalue weighted by atomic mass is 9.41. The van der Waals surface area contributed by atoms with Crippen LogP contribution in [0.5, 0.6) is 0 Å². The van der Waals surface area contributed by atoms with Crippen molar-refractivity contribution in [1.82, 2.24) is 0 Å². The summed E-state index contributed by atoms with van der Waals surface area (Å²) in [5.74, 6) is 0.0295. The maximum atomic E-state index is 12.9. The van der Waals surface area contributed by atoms with Crippen molar-refractivity contribution in [3.05, 3.63) is 0 Å². The average molecular weight is 677 g/mol. The van der Waals surface area contributed by atoms with Crippen molar-refractivity contribution in [3.63, 3.8) is 0 Å². The lowest BCUT2D eigenvalue weighted by Gasteiger charge is -2.65. The molecule has 0 aromatic rings. The van der Waals surface area contributed by atoms with Gasteiger partial charge in [-0.3, -0.25) is 4.79 Å². The van der Waals surface area contributed by atoms with E-state index in [1.54, 1.807) is 6.92 Å². The van der Waals surface area contributed by atoms with Gasteiger partial charge in [0.1, 0.15) is 36.1 Å². The van der Waals surface area contributed by atoms with E-state index in [0.29, 0.717) is 18.3 Å². The third-order valence-corrected chi connectivity index (χ3v) is 16.8. The monoisotopic (exact) mass is 676 g/mol. The Labute approximate surface area is 283 Å². The summed E-state index contributed by atoms with van der Waals surface area (Å²) in [7, 11) is 0. The number of hydrogen-bond donors (Lipinski definition) is 4. The number of rotatable bonds is 3. The predicted molar refractivity (Wildman–Crippen MR) is 168 cm³/mol. The molecule has 48 heavy (non-hydrogen) atoms. The van der Waals surface area contributed by atoms with Crippen LogP contribution in [-0.4, -0.2) is 99.7 Å². The molecule has 0 radical (unpaired) electrons. The molecule has 0 aromatic heterocycles. The summed E-state index contributed by atoms with van der Waals surface area (Å²) in [6, 6.07) is 0. The van der Waals surface area contributed by atoms with Crippen LogP contribution >= 0.6 is 0 Å². The van der Waals surface area contributed by atoms with E-state index < -0.39 is 42.3 Å². The molecule has 9 aliphatic rings. The number of hydrogen-bond acceptors (Lipinski definition) is 11. The molecule has 0 bridgehead atoms. The zero-order valence-corrected chi connectivity index (χ0v) is 29.5. The van der Waals surface area contributed by atoms with Crippen molar-refractivity contribution < 1.29 is 53.6 Å². The second-order valence-corrected chi connectivity index (χ2v) is 18.9. The van der Waals surface area contributed by atoms with Gasteiger partial charge in [-0.2, -0.15) is 0 Å². The third kappa shape index (κ3) is 3.74. The smallest absolute Gasteiger partial charge is 0.302 e. The minimum absolute atomic E-state index is 0.0420. The number of carbonyl (C=O) groups excluding carboxylic acids is 1. The van der Waals surface area contributed by atoms with Crippen molar-refractivity contribution >= 4 is 5.97 Å². The number of aliphatic hydroxyl groups excluding tert-OH is 4. The second kappa shape index (κ2) is 9.75. The SMILES string of the molecule is CC(=O)O[C@@H]1C[C@@]23C[C@@]24CC[C@H](O[C@@H]2OC[C@@H](O)[C@H](O)[C@H]2O)C(C)(C)[C@@H]4CC[C@H]3[C@]2(C)CC3OC4(C[C@@H](C)[C@@H]3[C@@]12C)OC(O)C1(C)OC41. The van der Waals surface area contributed by atoms with Gasteiger partial charge in [-0.25, -0.2) is 0 Å². The molecular weight excluding hydrogens is 620 g/mol. The van der Waals surface area contributed by atoms with Gasteiger partial charge in [-0.15, -0.1) is 0 Å². The van der Waals surface area contributed by atoms with E-state index in [2.05, 4.69) is 34.6 Å². The first-order valence-electron chi connectivity index (χ1n) is 18.6. The van der Waals surface area contributed by atoms with Crippen molar-refractivity contribution in [2.24, 2.45) is 50.7 Å². The van der Waals surface area contributed by atoms with Crippen LogP contribution in [0.1, 0.15) is 99.8 Å².